The average Bonchev–Trinajstić information content (AvgIpc) is 2.77. The fourth-order valence-electron chi connectivity index (χ4n) is 2.96. The number of amides is 1. The van der Waals surface area contributed by atoms with E-state index in [2.05, 4.69) is 33.9 Å². The molecule has 2 rings (SSSR count). The maximum atomic E-state index is 12.4. The van der Waals surface area contributed by atoms with Gasteiger partial charge >= 0.3 is 0 Å². The number of aliphatic imine (C=N–C) groups is 1. The molecule has 2 aromatic carbocycles. The van der Waals surface area contributed by atoms with Crippen LogP contribution in [-0.2, 0) is 13.0 Å². The Hall–Kier alpha value is -2.29. The number of nitrogens with zero attached hydrogens (tertiary/aromatic N) is 1. The normalized spacial score (nSPS) is 11.8. The summed E-state index contributed by atoms with van der Waals surface area (Å²) in [5, 5.41) is 9.63. The van der Waals surface area contributed by atoms with Gasteiger partial charge in [0, 0.05) is 24.7 Å². The molecule has 1 unspecified atom stereocenters. The van der Waals surface area contributed by atoms with E-state index < -0.39 is 0 Å². The van der Waals surface area contributed by atoms with Crippen LogP contribution in [0.3, 0.4) is 0 Å². The van der Waals surface area contributed by atoms with Crippen LogP contribution in [0, 0.1) is 0 Å². The van der Waals surface area contributed by atoms with Crippen LogP contribution in [-0.4, -0.2) is 38.1 Å². The molecule has 0 heterocycles. The first-order chi connectivity index (χ1) is 14.6. The highest BCUT2D eigenvalue weighted by molar-refractivity contribution is 14.0. The summed E-state index contributed by atoms with van der Waals surface area (Å²) in [5.74, 6) is 1.60. The summed E-state index contributed by atoms with van der Waals surface area (Å²) >= 11 is 0. The molecular weight excluding hydrogens is 503 g/mol. The van der Waals surface area contributed by atoms with Crippen LogP contribution in [0.25, 0.3) is 0 Å². The first-order valence-corrected chi connectivity index (χ1v) is 10.6. The molecule has 3 N–H and O–H groups in total. The van der Waals surface area contributed by atoms with Crippen molar-refractivity contribution < 1.29 is 9.53 Å². The molecule has 31 heavy (non-hydrogen) atoms. The third kappa shape index (κ3) is 9.16. The molecule has 7 heteroatoms. The summed E-state index contributed by atoms with van der Waals surface area (Å²) in [5.41, 5.74) is 2.81. The predicted octanol–water partition coefficient (Wildman–Crippen LogP) is 4.14. The highest BCUT2D eigenvalue weighted by Gasteiger charge is 2.09. The zero-order valence-electron chi connectivity index (χ0n) is 18.9. The molecule has 0 saturated heterocycles. The van der Waals surface area contributed by atoms with Crippen molar-refractivity contribution in [3.05, 3.63) is 65.2 Å². The van der Waals surface area contributed by atoms with E-state index in [9.17, 15) is 4.79 Å². The molecule has 1 amide bonds. The minimum absolute atomic E-state index is 0. The van der Waals surface area contributed by atoms with Crippen molar-refractivity contribution in [2.24, 2.45) is 4.99 Å². The SMILES string of the molecule is CCNC(=NCc1cccc(C(=O)NC(C)CC)c1)NCCc1ccccc1OC.I. The first-order valence-electron chi connectivity index (χ1n) is 10.6. The lowest BCUT2D eigenvalue weighted by atomic mass is 10.1. The van der Waals surface area contributed by atoms with E-state index in [4.69, 9.17) is 4.74 Å². The summed E-state index contributed by atoms with van der Waals surface area (Å²) in [4.78, 5) is 17.0. The Kier molecular flexibility index (Phi) is 12.7. The van der Waals surface area contributed by atoms with E-state index in [1.165, 1.54) is 0 Å². The number of nitrogens with one attached hydrogen (secondary N) is 3. The van der Waals surface area contributed by atoms with Crippen LogP contribution in [0.5, 0.6) is 5.75 Å². The molecular formula is C24H35IN4O2. The highest BCUT2D eigenvalue weighted by atomic mass is 127. The number of carbonyl (C=O) groups excluding carboxylic acids is 1. The van der Waals surface area contributed by atoms with Gasteiger partial charge in [-0.05, 0) is 56.0 Å². The molecule has 0 saturated carbocycles. The quantitative estimate of drug-likeness (QED) is 0.242. The number of ether oxygens (including phenoxy) is 1. The van der Waals surface area contributed by atoms with Crippen molar-refractivity contribution in [1.29, 1.82) is 0 Å². The average molecular weight is 538 g/mol. The van der Waals surface area contributed by atoms with Gasteiger partial charge in [-0.3, -0.25) is 4.79 Å². The van der Waals surface area contributed by atoms with Crippen molar-refractivity contribution in [1.82, 2.24) is 16.0 Å². The molecule has 0 spiro atoms. The molecule has 0 radical (unpaired) electrons. The van der Waals surface area contributed by atoms with Crippen molar-refractivity contribution in [3.63, 3.8) is 0 Å². The lowest BCUT2D eigenvalue weighted by Crippen LogP contribution is -2.38. The fraction of sp³-hybridized carbons (Fsp3) is 0.417. The second-order valence-corrected chi connectivity index (χ2v) is 7.17. The largest absolute Gasteiger partial charge is 0.496 e. The number of para-hydroxylation sites is 1. The van der Waals surface area contributed by atoms with E-state index in [1.54, 1.807) is 7.11 Å². The number of methoxy groups -OCH3 is 1. The van der Waals surface area contributed by atoms with Crippen LogP contribution < -0.4 is 20.7 Å². The van der Waals surface area contributed by atoms with Gasteiger partial charge in [-0.1, -0.05) is 37.3 Å². The topological polar surface area (TPSA) is 74.8 Å². The van der Waals surface area contributed by atoms with Gasteiger partial charge < -0.3 is 20.7 Å². The number of halogens is 1. The fourth-order valence-corrected chi connectivity index (χ4v) is 2.96. The summed E-state index contributed by atoms with van der Waals surface area (Å²) in [6.45, 7) is 8.11. The van der Waals surface area contributed by atoms with E-state index in [0.717, 1.165) is 48.8 Å². The van der Waals surface area contributed by atoms with E-state index in [0.29, 0.717) is 12.1 Å². The van der Waals surface area contributed by atoms with Crippen LogP contribution in [0.2, 0.25) is 0 Å². The lowest BCUT2D eigenvalue weighted by Gasteiger charge is -2.13. The van der Waals surface area contributed by atoms with Crippen molar-refractivity contribution in [2.45, 2.75) is 46.2 Å². The number of rotatable bonds is 10. The molecule has 0 aliphatic carbocycles. The van der Waals surface area contributed by atoms with Crippen molar-refractivity contribution in [2.75, 3.05) is 20.2 Å². The van der Waals surface area contributed by atoms with Crippen LogP contribution in [0.15, 0.2) is 53.5 Å². The number of carbonyl (C=O) groups is 1. The number of benzene rings is 2. The molecule has 0 bridgehead atoms. The predicted molar refractivity (Wildman–Crippen MR) is 139 cm³/mol. The van der Waals surface area contributed by atoms with Crippen molar-refractivity contribution >= 4 is 35.8 Å². The number of guanidine groups is 1. The van der Waals surface area contributed by atoms with Crippen LogP contribution >= 0.6 is 24.0 Å². The van der Waals surface area contributed by atoms with Crippen LogP contribution in [0.4, 0.5) is 0 Å². The Balaban J connectivity index is 0.00000480. The Morgan fingerprint density at radius 1 is 1.10 bits per heavy atom. The molecule has 0 aliphatic rings. The van der Waals surface area contributed by atoms with Gasteiger partial charge in [0.2, 0.25) is 0 Å². The molecule has 0 aromatic heterocycles. The summed E-state index contributed by atoms with van der Waals surface area (Å²) in [7, 11) is 1.69. The third-order valence-electron chi connectivity index (χ3n) is 4.82. The highest BCUT2D eigenvalue weighted by Crippen LogP contribution is 2.17. The molecule has 6 nitrogen and oxygen atoms in total. The summed E-state index contributed by atoms with van der Waals surface area (Å²) < 4.78 is 5.41. The minimum Gasteiger partial charge on any atom is -0.496 e. The molecule has 1 atom stereocenters. The summed E-state index contributed by atoms with van der Waals surface area (Å²) in [6.07, 6.45) is 1.74. The third-order valence-corrected chi connectivity index (χ3v) is 4.82. The standard InChI is InChI=1S/C24H34N4O2.HI/c1-5-18(3)28-23(29)21-12-9-10-19(16-21)17-27-24(25-6-2)26-15-14-20-11-7-8-13-22(20)30-4;/h7-13,16,18H,5-6,14-15,17H2,1-4H3,(H,28,29)(H2,25,26,27);1H. The maximum Gasteiger partial charge on any atom is 0.251 e. The smallest absolute Gasteiger partial charge is 0.251 e. The first kappa shape index (κ1) is 26.7. The summed E-state index contributed by atoms with van der Waals surface area (Å²) in [6, 6.07) is 15.8. The van der Waals surface area contributed by atoms with Gasteiger partial charge in [-0.25, -0.2) is 4.99 Å². The minimum atomic E-state index is -0.0444. The Morgan fingerprint density at radius 2 is 1.87 bits per heavy atom. The molecule has 2 aromatic rings. The lowest BCUT2D eigenvalue weighted by molar-refractivity contribution is 0.0939. The Morgan fingerprint density at radius 3 is 2.58 bits per heavy atom. The van der Waals surface area contributed by atoms with Gasteiger partial charge in [0.05, 0.1) is 13.7 Å². The Labute approximate surface area is 203 Å². The van der Waals surface area contributed by atoms with Gasteiger partial charge in [0.1, 0.15) is 5.75 Å². The van der Waals surface area contributed by atoms with E-state index >= 15 is 0 Å². The monoisotopic (exact) mass is 538 g/mol. The number of hydrogen-bond donors (Lipinski definition) is 3. The van der Waals surface area contributed by atoms with E-state index in [1.807, 2.05) is 56.3 Å². The second kappa shape index (κ2) is 14.7. The van der Waals surface area contributed by atoms with Crippen LogP contribution in [0.1, 0.15) is 48.7 Å². The number of hydrogen-bond acceptors (Lipinski definition) is 3. The second-order valence-electron chi connectivity index (χ2n) is 7.17. The maximum absolute atomic E-state index is 12.4. The van der Waals surface area contributed by atoms with E-state index in [-0.39, 0.29) is 35.9 Å². The van der Waals surface area contributed by atoms with Gasteiger partial charge in [-0.15, -0.1) is 24.0 Å². The van der Waals surface area contributed by atoms with Gasteiger partial charge in [0.25, 0.3) is 5.91 Å². The van der Waals surface area contributed by atoms with Gasteiger partial charge in [0.15, 0.2) is 5.96 Å². The molecule has 170 valence electrons. The molecule has 0 fully saturated rings. The van der Waals surface area contributed by atoms with Crippen molar-refractivity contribution in [3.8, 4) is 5.75 Å². The Bertz CT molecular complexity index is 842. The zero-order valence-corrected chi connectivity index (χ0v) is 21.2. The zero-order chi connectivity index (χ0) is 21.8. The van der Waals surface area contributed by atoms with Gasteiger partial charge in [-0.2, -0.15) is 0 Å². The molecule has 0 aliphatic heterocycles.